The molecule has 4 amide bonds. The summed E-state index contributed by atoms with van der Waals surface area (Å²) in [6, 6.07) is 16.7. The number of hydrogen-bond acceptors (Lipinski definition) is 3. The Hall–Kier alpha value is -3.36. The number of imide groups is 1. The van der Waals surface area contributed by atoms with Gasteiger partial charge in [0.1, 0.15) is 13.1 Å². The molecule has 6 nitrogen and oxygen atoms in total. The van der Waals surface area contributed by atoms with Crippen molar-refractivity contribution < 1.29 is 27.6 Å². The lowest BCUT2D eigenvalue weighted by Crippen LogP contribution is -2.47. The number of carbonyl (C=O) groups is 3. The van der Waals surface area contributed by atoms with Gasteiger partial charge in [0.2, 0.25) is 5.91 Å². The van der Waals surface area contributed by atoms with E-state index in [4.69, 9.17) is 0 Å². The molecule has 0 unspecified atom stereocenters. The smallest absolute Gasteiger partial charge is 0.345 e. The Morgan fingerprint density at radius 1 is 1.00 bits per heavy atom. The van der Waals surface area contributed by atoms with E-state index in [2.05, 4.69) is 5.32 Å². The summed E-state index contributed by atoms with van der Waals surface area (Å²) < 4.78 is 36.9. The van der Waals surface area contributed by atoms with Crippen molar-refractivity contribution in [2.45, 2.75) is 18.1 Å². The molecule has 1 heterocycles. The predicted octanol–water partition coefficient (Wildman–Crippen LogP) is 2.35. The van der Waals surface area contributed by atoms with Crippen LogP contribution in [0.2, 0.25) is 0 Å². The SMILES string of the molecule is O=C(CN1C(=O)N[C@](Cc2ccccc2)(c2ccccc2)C1=O)NCC(F)(F)F. The van der Waals surface area contributed by atoms with Crippen LogP contribution in [0.25, 0.3) is 0 Å². The van der Waals surface area contributed by atoms with Crippen LogP contribution in [0.5, 0.6) is 0 Å². The Morgan fingerprint density at radius 2 is 1.59 bits per heavy atom. The van der Waals surface area contributed by atoms with E-state index in [1.165, 1.54) is 0 Å². The molecule has 1 fully saturated rings. The first-order chi connectivity index (χ1) is 13.7. The van der Waals surface area contributed by atoms with Gasteiger partial charge in [-0.05, 0) is 11.1 Å². The molecule has 1 atom stereocenters. The van der Waals surface area contributed by atoms with Gasteiger partial charge in [-0.2, -0.15) is 13.2 Å². The van der Waals surface area contributed by atoms with E-state index in [1.807, 2.05) is 6.07 Å². The summed E-state index contributed by atoms with van der Waals surface area (Å²) in [5, 5.41) is 4.31. The maximum absolute atomic E-state index is 13.2. The highest BCUT2D eigenvalue weighted by Crippen LogP contribution is 2.32. The maximum atomic E-state index is 13.2. The summed E-state index contributed by atoms with van der Waals surface area (Å²) in [5.41, 5.74) is -0.168. The van der Waals surface area contributed by atoms with Crippen molar-refractivity contribution in [3.05, 3.63) is 71.8 Å². The van der Waals surface area contributed by atoms with Crippen LogP contribution in [0.4, 0.5) is 18.0 Å². The highest BCUT2D eigenvalue weighted by atomic mass is 19.4. The second kappa shape index (κ2) is 7.94. The number of urea groups is 1. The van der Waals surface area contributed by atoms with Crippen LogP contribution >= 0.6 is 0 Å². The van der Waals surface area contributed by atoms with Crippen LogP contribution in [0.3, 0.4) is 0 Å². The van der Waals surface area contributed by atoms with Crippen LogP contribution in [0.1, 0.15) is 11.1 Å². The van der Waals surface area contributed by atoms with Gasteiger partial charge in [0.15, 0.2) is 5.54 Å². The normalized spacial score (nSPS) is 19.2. The number of rotatable bonds is 6. The second-order valence-corrected chi connectivity index (χ2v) is 6.65. The van der Waals surface area contributed by atoms with Crippen LogP contribution < -0.4 is 10.6 Å². The molecular weight excluding hydrogens is 387 g/mol. The summed E-state index contributed by atoms with van der Waals surface area (Å²) in [6.07, 6.45) is -4.46. The van der Waals surface area contributed by atoms with E-state index in [0.29, 0.717) is 10.5 Å². The van der Waals surface area contributed by atoms with Gasteiger partial charge in [0, 0.05) is 6.42 Å². The van der Waals surface area contributed by atoms with Gasteiger partial charge in [0.25, 0.3) is 5.91 Å². The second-order valence-electron chi connectivity index (χ2n) is 6.65. The summed E-state index contributed by atoms with van der Waals surface area (Å²) >= 11 is 0. The zero-order valence-electron chi connectivity index (χ0n) is 15.2. The minimum absolute atomic E-state index is 0.128. The molecule has 0 bridgehead atoms. The Bertz CT molecular complexity index is 903. The number of amides is 4. The fraction of sp³-hybridized carbons (Fsp3) is 0.250. The van der Waals surface area contributed by atoms with Crippen molar-refractivity contribution in [2.75, 3.05) is 13.1 Å². The molecule has 0 aromatic heterocycles. The molecule has 2 N–H and O–H groups in total. The molecule has 0 saturated carbocycles. The topological polar surface area (TPSA) is 78.5 Å². The molecule has 152 valence electrons. The van der Waals surface area contributed by atoms with Crippen LogP contribution in [0.15, 0.2) is 60.7 Å². The quantitative estimate of drug-likeness (QED) is 0.725. The minimum Gasteiger partial charge on any atom is -0.345 e. The lowest BCUT2D eigenvalue weighted by Gasteiger charge is -2.27. The molecule has 2 aromatic carbocycles. The molecule has 1 saturated heterocycles. The highest BCUT2D eigenvalue weighted by molar-refractivity contribution is 6.09. The summed E-state index contributed by atoms with van der Waals surface area (Å²) in [4.78, 5) is 38.2. The van der Waals surface area contributed by atoms with E-state index >= 15 is 0 Å². The third kappa shape index (κ3) is 4.56. The highest BCUT2D eigenvalue weighted by Gasteiger charge is 2.52. The van der Waals surface area contributed by atoms with E-state index in [0.717, 1.165) is 5.56 Å². The molecule has 9 heteroatoms. The van der Waals surface area contributed by atoms with Crippen molar-refractivity contribution in [2.24, 2.45) is 0 Å². The van der Waals surface area contributed by atoms with E-state index in [-0.39, 0.29) is 6.42 Å². The third-order valence-corrected chi connectivity index (χ3v) is 4.54. The Morgan fingerprint density at radius 3 is 2.17 bits per heavy atom. The van der Waals surface area contributed by atoms with Gasteiger partial charge >= 0.3 is 12.2 Å². The standard InChI is InChI=1S/C20H18F3N3O3/c21-20(22,23)13-24-16(27)12-26-17(28)19(25-18(26)29,15-9-5-2-6-10-15)11-14-7-3-1-4-8-14/h1-10H,11-13H2,(H,24,27)(H,25,29)/t19-/m1/s1. The van der Waals surface area contributed by atoms with Crippen molar-refractivity contribution in [3.63, 3.8) is 0 Å². The largest absolute Gasteiger partial charge is 0.405 e. The van der Waals surface area contributed by atoms with E-state index < -0.39 is 42.7 Å². The van der Waals surface area contributed by atoms with Crippen molar-refractivity contribution in [1.29, 1.82) is 0 Å². The summed E-state index contributed by atoms with van der Waals surface area (Å²) in [5.74, 6) is -1.77. The first kappa shape index (κ1) is 20.4. The average Bonchev–Trinajstić information content (AvgIpc) is 2.92. The monoisotopic (exact) mass is 405 g/mol. The predicted molar refractivity (Wildman–Crippen MR) is 97.6 cm³/mol. The first-order valence-electron chi connectivity index (χ1n) is 8.78. The maximum Gasteiger partial charge on any atom is 0.405 e. The fourth-order valence-electron chi connectivity index (χ4n) is 3.21. The molecule has 29 heavy (non-hydrogen) atoms. The average molecular weight is 405 g/mol. The van der Waals surface area contributed by atoms with Crippen molar-refractivity contribution in [3.8, 4) is 0 Å². The Balaban J connectivity index is 1.87. The molecular formula is C20H18F3N3O3. The number of hydrogen-bond donors (Lipinski definition) is 2. The Labute approximate surface area is 164 Å². The minimum atomic E-state index is -4.59. The Kier molecular flexibility index (Phi) is 5.58. The van der Waals surface area contributed by atoms with Crippen LogP contribution in [0, 0.1) is 0 Å². The number of benzene rings is 2. The molecule has 0 radical (unpaired) electrons. The number of alkyl halides is 3. The van der Waals surface area contributed by atoms with Gasteiger partial charge in [0.05, 0.1) is 0 Å². The van der Waals surface area contributed by atoms with Crippen LogP contribution in [-0.2, 0) is 21.5 Å². The van der Waals surface area contributed by atoms with Crippen molar-refractivity contribution >= 4 is 17.8 Å². The fourth-order valence-corrected chi connectivity index (χ4v) is 3.21. The zero-order valence-corrected chi connectivity index (χ0v) is 15.2. The van der Waals surface area contributed by atoms with E-state index in [1.54, 1.807) is 59.9 Å². The lowest BCUT2D eigenvalue weighted by molar-refractivity contribution is -0.141. The molecule has 0 aliphatic carbocycles. The van der Waals surface area contributed by atoms with Crippen LogP contribution in [-0.4, -0.2) is 42.0 Å². The third-order valence-electron chi connectivity index (χ3n) is 4.54. The van der Waals surface area contributed by atoms with Gasteiger partial charge in [-0.3, -0.25) is 14.5 Å². The molecule has 1 aliphatic rings. The molecule has 0 spiro atoms. The van der Waals surface area contributed by atoms with Gasteiger partial charge in [-0.1, -0.05) is 60.7 Å². The molecule has 3 rings (SSSR count). The zero-order chi connectivity index (χ0) is 21.1. The summed E-state index contributed by atoms with van der Waals surface area (Å²) in [6.45, 7) is -2.34. The first-order valence-corrected chi connectivity index (χ1v) is 8.78. The molecule has 2 aromatic rings. The van der Waals surface area contributed by atoms with Gasteiger partial charge in [-0.15, -0.1) is 0 Å². The number of halogens is 3. The van der Waals surface area contributed by atoms with Crippen molar-refractivity contribution in [1.82, 2.24) is 15.5 Å². The van der Waals surface area contributed by atoms with Gasteiger partial charge in [-0.25, -0.2) is 4.79 Å². The summed E-state index contributed by atoms with van der Waals surface area (Å²) in [7, 11) is 0. The molecule has 1 aliphatic heterocycles. The number of nitrogens with zero attached hydrogens (tertiary/aromatic N) is 1. The van der Waals surface area contributed by atoms with Gasteiger partial charge < -0.3 is 10.6 Å². The lowest BCUT2D eigenvalue weighted by atomic mass is 9.83. The number of nitrogens with one attached hydrogen (secondary N) is 2. The van der Waals surface area contributed by atoms with E-state index in [9.17, 15) is 27.6 Å². The number of carbonyl (C=O) groups excluding carboxylic acids is 3.